The van der Waals surface area contributed by atoms with Crippen molar-refractivity contribution >= 4 is 11.9 Å². The minimum atomic E-state index is 0.0816. The summed E-state index contributed by atoms with van der Waals surface area (Å²) in [6.45, 7) is 1.02. The summed E-state index contributed by atoms with van der Waals surface area (Å²) in [4.78, 5) is 24.3. The van der Waals surface area contributed by atoms with Crippen LogP contribution >= 0.6 is 0 Å². The fraction of sp³-hybridized carbons (Fsp3) is 0.643. The standard InChI is InChI=1S/C14H22N4O2/c1-17(14-15-7-3-8-16-14)11-13(20)18(9-4-10-19)12-5-2-6-12/h3,7-8,12,19H,2,4-6,9-11H2,1H3. The molecule has 20 heavy (non-hydrogen) atoms. The Bertz CT molecular complexity index is 422. The van der Waals surface area contributed by atoms with Gasteiger partial charge in [-0.15, -0.1) is 0 Å². The van der Waals surface area contributed by atoms with Crippen LogP contribution in [-0.2, 0) is 4.79 Å². The van der Waals surface area contributed by atoms with E-state index in [1.54, 1.807) is 23.4 Å². The lowest BCUT2D eigenvalue weighted by molar-refractivity contribution is -0.133. The lowest BCUT2D eigenvalue weighted by Crippen LogP contribution is -2.48. The van der Waals surface area contributed by atoms with Crippen LogP contribution in [0.5, 0.6) is 0 Å². The molecule has 6 heteroatoms. The number of hydrogen-bond donors (Lipinski definition) is 1. The Labute approximate surface area is 119 Å². The molecule has 0 radical (unpaired) electrons. The van der Waals surface area contributed by atoms with E-state index in [1.807, 2.05) is 11.9 Å². The average Bonchev–Trinajstić information content (AvgIpc) is 2.42. The fourth-order valence-electron chi connectivity index (χ4n) is 2.30. The predicted molar refractivity (Wildman–Crippen MR) is 76.4 cm³/mol. The third-order valence-electron chi connectivity index (χ3n) is 3.66. The molecule has 1 N–H and O–H groups in total. The van der Waals surface area contributed by atoms with Crippen molar-refractivity contribution in [3.8, 4) is 0 Å². The number of carbonyl (C=O) groups is 1. The first-order valence-electron chi connectivity index (χ1n) is 7.11. The topological polar surface area (TPSA) is 69.6 Å². The molecule has 6 nitrogen and oxygen atoms in total. The van der Waals surface area contributed by atoms with Gasteiger partial charge < -0.3 is 14.9 Å². The van der Waals surface area contributed by atoms with E-state index in [0.717, 1.165) is 12.8 Å². The molecule has 1 fully saturated rings. The number of rotatable bonds is 7. The summed E-state index contributed by atoms with van der Waals surface area (Å²) in [7, 11) is 1.82. The molecule has 1 aromatic heterocycles. The summed E-state index contributed by atoms with van der Waals surface area (Å²) >= 11 is 0. The fourth-order valence-corrected chi connectivity index (χ4v) is 2.30. The Morgan fingerprint density at radius 1 is 1.40 bits per heavy atom. The largest absolute Gasteiger partial charge is 0.396 e. The lowest BCUT2D eigenvalue weighted by atomic mass is 9.91. The van der Waals surface area contributed by atoms with Gasteiger partial charge in [-0.05, 0) is 31.7 Å². The molecule has 0 aromatic carbocycles. The van der Waals surface area contributed by atoms with Gasteiger partial charge in [0, 0.05) is 38.6 Å². The van der Waals surface area contributed by atoms with Crippen LogP contribution in [0.2, 0.25) is 0 Å². The second-order valence-corrected chi connectivity index (χ2v) is 5.15. The van der Waals surface area contributed by atoms with Crippen LogP contribution in [0.4, 0.5) is 5.95 Å². The molecule has 110 valence electrons. The summed E-state index contributed by atoms with van der Waals surface area (Å²) in [5.41, 5.74) is 0. The van der Waals surface area contributed by atoms with Gasteiger partial charge in [0.2, 0.25) is 11.9 Å². The minimum absolute atomic E-state index is 0.0816. The molecule has 1 aromatic rings. The molecule has 0 bridgehead atoms. The van der Waals surface area contributed by atoms with Crippen molar-refractivity contribution in [2.45, 2.75) is 31.7 Å². The Balaban J connectivity index is 1.93. The highest BCUT2D eigenvalue weighted by molar-refractivity contribution is 5.81. The van der Waals surface area contributed by atoms with Crippen molar-refractivity contribution < 1.29 is 9.90 Å². The molecular weight excluding hydrogens is 256 g/mol. The van der Waals surface area contributed by atoms with Gasteiger partial charge >= 0.3 is 0 Å². The van der Waals surface area contributed by atoms with E-state index in [-0.39, 0.29) is 19.1 Å². The monoisotopic (exact) mass is 278 g/mol. The first-order chi connectivity index (χ1) is 9.72. The number of anilines is 1. The van der Waals surface area contributed by atoms with E-state index in [1.165, 1.54) is 6.42 Å². The van der Waals surface area contributed by atoms with Gasteiger partial charge in [0.1, 0.15) is 0 Å². The first-order valence-corrected chi connectivity index (χ1v) is 7.11. The quantitative estimate of drug-likeness (QED) is 0.794. The third kappa shape index (κ3) is 3.66. The maximum atomic E-state index is 12.4. The summed E-state index contributed by atoms with van der Waals surface area (Å²) in [6, 6.07) is 2.10. The molecule has 0 atom stereocenters. The Morgan fingerprint density at radius 3 is 2.65 bits per heavy atom. The maximum absolute atomic E-state index is 12.4. The molecule has 1 heterocycles. The van der Waals surface area contributed by atoms with Gasteiger partial charge in [-0.1, -0.05) is 0 Å². The number of carbonyl (C=O) groups excluding carboxylic acids is 1. The van der Waals surface area contributed by atoms with Crippen molar-refractivity contribution in [2.24, 2.45) is 0 Å². The molecule has 0 unspecified atom stereocenters. The molecule has 0 spiro atoms. The second kappa shape index (κ2) is 7.19. The number of aliphatic hydroxyl groups is 1. The molecule has 0 saturated heterocycles. The molecule has 0 aliphatic heterocycles. The van der Waals surface area contributed by atoms with Crippen LogP contribution in [0.3, 0.4) is 0 Å². The van der Waals surface area contributed by atoms with Crippen LogP contribution in [-0.4, -0.2) is 58.7 Å². The lowest BCUT2D eigenvalue weighted by Gasteiger charge is -2.38. The van der Waals surface area contributed by atoms with E-state index in [0.29, 0.717) is 25.0 Å². The van der Waals surface area contributed by atoms with Gasteiger partial charge in [0.05, 0.1) is 6.54 Å². The zero-order chi connectivity index (χ0) is 14.4. The summed E-state index contributed by atoms with van der Waals surface area (Å²) in [5, 5.41) is 8.96. The summed E-state index contributed by atoms with van der Waals surface area (Å²) in [6.07, 6.45) is 7.29. The smallest absolute Gasteiger partial charge is 0.242 e. The minimum Gasteiger partial charge on any atom is -0.396 e. The first kappa shape index (κ1) is 14.7. The van der Waals surface area contributed by atoms with E-state index >= 15 is 0 Å². The van der Waals surface area contributed by atoms with Crippen LogP contribution in [0, 0.1) is 0 Å². The van der Waals surface area contributed by atoms with Gasteiger partial charge in [-0.2, -0.15) is 0 Å². The highest BCUT2D eigenvalue weighted by Gasteiger charge is 2.28. The Hall–Kier alpha value is -1.69. The highest BCUT2D eigenvalue weighted by Crippen LogP contribution is 2.25. The van der Waals surface area contributed by atoms with E-state index < -0.39 is 0 Å². The van der Waals surface area contributed by atoms with Crippen molar-refractivity contribution in [3.05, 3.63) is 18.5 Å². The zero-order valence-corrected chi connectivity index (χ0v) is 11.9. The zero-order valence-electron chi connectivity index (χ0n) is 11.9. The number of amides is 1. The van der Waals surface area contributed by atoms with Crippen LogP contribution < -0.4 is 4.90 Å². The van der Waals surface area contributed by atoms with Gasteiger partial charge in [0.25, 0.3) is 0 Å². The number of aromatic nitrogens is 2. The Kier molecular flexibility index (Phi) is 5.29. The van der Waals surface area contributed by atoms with Crippen molar-refractivity contribution in [2.75, 3.05) is 31.6 Å². The molecule has 1 aliphatic rings. The highest BCUT2D eigenvalue weighted by atomic mass is 16.3. The van der Waals surface area contributed by atoms with Crippen LogP contribution in [0.25, 0.3) is 0 Å². The van der Waals surface area contributed by atoms with E-state index in [9.17, 15) is 4.79 Å². The molecule has 1 aliphatic carbocycles. The summed E-state index contributed by atoms with van der Waals surface area (Å²) < 4.78 is 0. The number of nitrogens with zero attached hydrogens (tertiary/aromatic N) is 4. The molecular formula is C14H22N4O2. The van der Waals surface area contributed by atoms with Crippen molar-refractivity contribution in [3.63, 3.8) is 0 Å². The summed E-state index contributed by atoms with van der Waals surface area (Å²) in [5.74, 6) is 0.634. The second-order valence-electron chi connectivity index (χ2n) is 5.15. The van der Waals surface area contributed by atoms with E-state index in [4.69, 9.17) is 5.11 Å². The van der Waals surface area contributed by atoms with Gasteiger partial charge in [-0.25, -0.2) is 9.97 Å². The van der Waals surface area contributed by atoms with Crippen LogP contribution in [0.15, 0.2) is 18.5 Å². The SMILES string of the molecule is CN(CC(=O)N(CCCO)C1CCC1)c1ncccn1. The maximum Gasteiger partial charge on any atom is 0.242 e. The normalized spacial score (nSPS) is 14.7. The number of hydrogen-bond acceptors (Lipinski definition) is 5. The average molecular weight is 278 g/mol. The van der Waals surface area contributed by atoms with Crippen molar-refractivity contribution in [1.82, 2.24) is 14.9 Å². The molecule has 2 rings (SSSR count). The van der Waals surface area contributed by atoms with Crippen LogP contribution in [0.1, 0.15) is 25.7 Å². The van der Waals surface area contributed by atoms with Gasteiger partial charge in [0.15, 0.2) is 0 Å². The third-order valence-corrected chi connectivity index (χ3v) is 3.66. The van der Waals surface area contributed by atoms with E-state index in [2.05, 4.69) is 9.97 Å². The molecule has 1 amide bonds. The van der Waals surface area contributed by atoms with Crippen molar-refractivity contribution in [1.29, 1.82) is 0 Å². The predicted octanol–water partition coefficient (Wildman–Crippen LogP) is 0.676. The Morgan fingerprint density at radius 2 is 2.10 bits per heavy atom. The molecule has 1 saturated carbocycles. The number of aliphatic hydroxyl groups excluding tert-OH is 1. The number of likely N-dealkylation sites (N-methyl/N-ethyl adjacent to an activating group) is 1. The van der Waals surface area contributed by atoms with Gasteiger partial charge in [-0.3, -0.25) is 4.79 Å².